The third-order valence-corrected chi connectivity index (χ3v) is 2.85. The Labute approximate surface area is 102 Å². The zero-order valence-electron chi connectivity index (χ0n) is 9.70. The second-order valence-electron chi connectivity index (χ2n) is 3.95. The van der Waals surface area contributed by atoms with Crippen molar-refractivity contribution in [1.82, 2.24) is 0 Å². The minimum Gasteiger partial charge on any atom is -0.385 e. The van der Waals surface area contributed by atoms with Crippen molar-refractivity contribution in [1.29, 1.82) is 0 Å². The third kappa shape index (κ3) is 4.33. The van der Waals surface area contributed by atoms with E-state index in [9.17, 15) is 4.79 Å². The van der Waals surface area contributed by atoms with Gasteiger partial charge >= 0.3 is 0 Å². The van der Waals surface area contributed by atoms with E-state index in [1.165, 1.54) is 0 Å². The second kappa shape index (κ2) is 6.66. The number of ketones is 1. The van der Waals surface area contributed by atoms with Crippen molar-refractivity contribution in [3.63, 3.8) is 0 Å². The summed E-state index contributed by atoms with van der Waals surface area (Å²) in [6.45, 7) is 2.57. The first-order valence-corrected chi connectivity index (χ1v) is 5.77. The third-order valence-electron chi connectivity index (χ3n) is 2.60. The highest BCUT2D eigenvalue weighted by Crippen LogP contribution is 2.13. The van der Waals surface area contributed by atoms with Crippen molar-refractivity contribution in [3.8, 4) is 0 Å². The molecule has 0 saturated carbocycles. The zero-order valence-corrected chi connectivity index (χ0v) is 10.5. The van der Waals surface area contributed by atoms with Gasteiger partial charge < -0.3 is 4.74 Å². The molecular formula is C13H17ClO2. The van der Waals surface area contributed by atoms with E-state index in [1.807, 2.05) is 31.2 Å². The number of carbonyl (C=O) groups is 1. The van der Waals surface area contributed by atoms with E-state index in [0.29, 0.717) is 18.1 Å². The highest BCUT2D eigenvalue weighted by molar-refractivity contribution is 6.30. The van der Waals surface area contributed by atoms with Gasteiger partial charge in [-0.2, -0.15) is 0 Å². The van der Waals surface area contributed by atoms with Gasteiger partial charge in [0.25, 0.3) is 0 Å². The summed E-state index contributed by atoms with van der Waals surface area (Å²) in [4.78, 5) is 11.8. The Balaban J connectivity index is 2.47. The maximum atomic E-state index is 11.8. The van der Waals surface area contributed by atoms with Crippen molar-refractivity contribution < 1.29 is 9.53 Å². The number of ether oxygens (including phenoxy) is 1. The number of Topliss-reactive ketones (excluding diaryl/α,β-unsaturated/α-hetero) is 1. The van der Waals surface area contributed by atoms with Crippen LogP contribution in [-0.4, -0.2) is 19.5 Å². The molecule has 0 N–H and O–H groups in total. The maximum Gasteiger partial charge on any atom is 0.140 e. The van der Waals surface area contributed by atoms with E-state index >= 15 is 0 Å². The Bertz CT molecular complexity index is 332. The number of hydrogen-bond donors (Lipinski definition) is 0. The molecule has 0 amide bonds. The van der Waals surface area contributed by atoms with Gasteiger partial charge in [-0.05, 0) is 24.1 Å². The van der Waals surface area contributed by atoms with Gasteiger partial charge in [0.05, 0.1) is 0 Å². The smallest absolute Gasteiger partial charge is 0.140 e. The topological polar surface area (TPSA) is 26.3 Å². The van der Waals surface area contributed by atoms with E-state index < -0.39 is 0 Å². The zero-order chi connectivity index (χ0) is 12.0. The van der Waals surface area contributed by atoms with Crippen LogP contribution in [0.2, 0.25) is 5.02 Å². The van der Waals surface area contributed by atoms with Gasteiger partial charge in [-0.15, -0.1) is 0 Å². The van der Waals surface area contributed by atoms with E-state index in [0.717, 1.165) is 12.0 Å². The van der Waals surface area contributed by atoms with Gasteiger partial charge in [-0.1, -0.05) is 30.7 Å². The van der Waals surface area contributed by atoms with Crippen LogP contribution in [0.25, 0.3) is 0 Å². The Kier molecular flexibility index (Phi) is 5.50. The molecule has 0 fully saturated rings. The monoisotopic (exact) mass is 240 g/mol. The number of rotatable bonds is 6. The van der Waals surface area contributed by atoms with Crippen LogP contribution >= 0.6 is 11.6 Å². The van der Waals surface area contributed by atoms with Gasteiger partial charge in [0.15, 0.2) is 0 Å². The van der Waals surface area contributed by atoms with Crippen LogP contribution in [0.3, 0.4) is 0 Å². The Morgan fingerprint density at radius 2 is 2.00 bits per heavy atom. The van der Waals surface area contributed by atoms with E-state index in [2.05, 4.69) is 0 Å². The van der Waals surface area contributed by atoms with Crippen molar-refractivity contribution >= 4 is 17.4 Å². The molecule has 1 aromatic rings. The SMILES string of the molecule is COCCC(C)C(=O)Cc1ccc(Cl)cc1. The molecule has 1 rings (SSSR count). The maximum absolute atomic E-state index is 11.8. The van der Waals surface area contributed by atoms with Crippen molar-refractivity contribution in [2.24, 2.45) is 5.92 Å². The van der Waals surface area contributed by atoms with Gasteiger partial charge in [-0.25, -0.2) is 0 Å². The average Bonchev–Trinajstić information content (AvgIpc) is 2.29. The van der Waals surface area contributed by atoms with Gasteiger partial charge in [0.2, 0.25) is 0 Å². The first-order chi connectivity index (χ1) is 7.63. The lowest BCUT2D eigenvalue weighted by Crippen LogP contribution is -2.15. The molecule has 1 aromatic carbocycles. The molecule has 1 atom stereocenters. The predicted molar refractivity (Wildman–Crippen MR) is 65.8 cm³/mol. The number of halogens is 1. The number of methoxy groups -OCH3 is 1. The molecule has 1 unspecified atom stereocenters. The summed E-state index contributed by atoms with van der Waals surface area (Å²) >= 11 is 5.78. The number of hydrogen-bond acceptors (Lipinski definition) is 2. The first-order valence-electron chi connectivity index (χ1n) is 5.39. The average molecular weight is 241 g/mol. The Morgan fingerprint density at radius 1 is 1.38 bits per heavy atom. The fraction of sp³-hybridized carbons (Fsp3) is 0.462. The van der Waals surface area contributed by atoms with Crippen molar-refractivity contribution in [2.45, 2.75) is 19.8 Å². The molecule has 16 heavy (non-hydrogen) atoms. The molecule has 0 radical (unpaired) electrons. The molecule has 0 spiro atoms. The molecule has 88 valence electrons. The number of benzene rings is 1. The van der Waals surface area contributed by atoms with E-state index in [-0.39, 0.29) is 11.7 Å². The Hall–Kier alpha value is -0.860. The van der Waals surface area contributed by atoms with Crippen LogP contribution in [0.5, 0.6) is 0 Å². The molecule has 2 nitrogen and oxygen atoms in total. The van der Waals surface area contributed by atoms with Gasteiger partial charge in [0, 0.05) is 31.1 Å². The number of carbonyl (C=O) groups excluding carboxylic acids is 1. The molecule has 0 bridgehead atoms. The standard InChI is InChI=1S/C13H17ClO2/c1-10(7-8-16-2)13(15)9-11-3-5-12(14)6-4-11/h3-6,10H,7-9H2,1-2H3. The van der Waals surface area contributed by atoms with Gasteiger partial charge in [-0.3, -0.25) is 4.79 Å². The van der Waals surface area contributed by atoms with Crippen LogP contribution in [0, 0.1) is 5.92 Å². The van der Waals surface area contributed by atoms with Crippen molar-refractivity contribution in [2.75, 3.05) is 13.7 Å². The highest BCUT2D eigenvalue weighted by Gasteiger charge is 2.12. The minimum atomic E-state index is 0.0515. The van der Waals surface area contributed by atoms with E-state index in [1.54, 1.807) is 7.11 Å². The summed E-state index contributed by atoms with van der Waals surface area (Å²) in [6, 6.07) is 7.40. The lowest BCUT2D eigenvalue weighted by Gasteiger charge is -2.09. The van der Waals surface area contributed by atoms with Crippen LogP contribution in [0.15, 0.2) is 24.3 Å². The molecule has 0 aliphatic carbocycles. The van der Waals surface area contributed by atoms with Crippen LogP contribution in [0.4, 0.5) is 0 Å². The second-order valence-corrected chi connectivity index (χ2v) is 4.39. The van der Waals surface area contributed by atoms with Crippen LogP contribution in [-0.2, 0) is 16.0 Å². The fourth-order valence-electron chi connectivity index (χ4n) is 1.43. The molecule has 0 saturated heterocycles. The fourth-order valence-corrected chi connectivity index (χ4v) is 1.56. The summed E-state index contributed by atoms with van der Waals surface area (Å²) in [5.74, 6) is 0.301. The Morgan fingerprint density at radius 3 is 2.56 bits per heavy atom. The summed E-state index contributed by atoms with van der Waals surface area (Å²) in [7, 11) is 1.65. The lowest BCUT2D eigenvalue weighted by molar-refractivity contribution is -0.122. The molecule has 0 heterocycles. The summed E-state index contributed by atoms with van der Waals surface area (Å²) in [6.07, 6.45) is 1.25. The molecule has 0 aliphatic rings. The van der Waals surface area contributed by atoms with Crippen LogP contribution in [0.1, 0.15) is 18.9 Å². The molecule has 0 aromatic heterocycles. The molecular weight excluding hydrogens is 224 g/mol. The summed E-state index contributed by atoms with van der Waals surface area (Å²) in [5, 5.41) is 0.698. The molecule has 0 aliphatic heterocycles. The minimum absolute atomic E-state index is 0.0515. The molecule has 3 heteroatoms. The van der Waals surface area contributed by atoms with Crippen LogP contribution < -0.4 is 0 Å². The highest BCUT2D eigenvalue weighted by atomic mass is 35.5. The van der Waals surface area contributed by atoms with Crippen molar-refractivity contribution in [3.05, 3.63) is 34.9 Å². The quantitative estimate of drug-likeness (QED) is 0.764. The largest absolute Gasteiger partial charge is 0.385 e. The summed E-state index contributed by atoms with van der Waals surface area (Å²) < 4.78 is 4.96. The first kappa shape index (κ1) is 13.2. The van der Waals surface area contributed by atoms with E-state index in [4.69, 9.17) is 16.3 Å². The van der Waals surface area contributed by atoms with Gasteiger partial charge in [0.1, 0.15) is 5.78 Å². The lowest BCUT2D eigenvalue weighted by atomic mass is 9.97. The summed E-state index contributed by atoms with van der Waals surface area (Å²) in [5.41, 5.74) is 1.01. The normalized spacial score (nSPS) is 12.4. The predicted octanol–water partition coefficient (Wildman–Crippen LogP) is 3.12.